The van der Waals surface area contributed by atoms with E-state index in [0.29, 0.717) is 30.0 Å². The number of rotatable bonds is 6. The molecule has 0 bridgehead atoms. The number of fused-ring (bicyclic) bond motifs is 1. The first kappa shape index (κ1) is 15.9. The van der Waals surface area contributed by atoms with Gasteiger partial charge in [0.1, 0.15) is 5.01 Å². The zero-order valence-corrected chi connectivity index (χ0v) is 14.1. The fraction of sp³-hybridized carbons (Fsp3) is 0.353. The molecule has 1 aromatic heterocycles. The van der Waals surface area contributed by atoms with Crippen LogP contribution in [-0.4, -0.2) is 35.3 Å². The molecule has 0 spiro atoms. The van der Waals surface area contributed by atoms with Gasteiger partial charge in [0.05, 0.1) is 17.5 Å². The number of amides is 1. The second kappa shape index (κ2) is 6.03. The molecule has 0 saturated heterocycles. The number of thiazole rings is 1. The number of hydrogen-bond donors (Lipinski definition) is 2. The second-order valence-corrected chi connectivity index (χ2v) is 7.11. The Bertz CT molecular complexity index is 843. The minimum atomic E-state index is -0.841. The van der Waals surface area contributed by atoms with Crippen LogP contribution in [0.4, 0.5) is 0 Å². The van der Waals surface area contributed by atoms with Gasteiger partial charge in [-0.1, -0.05) is 0 Å². The van der Waals surface area contributed by atoms with E-state index in [1.807, 2.05) is 23.6 Å². The van der Waals surface area contributed by atoms with E-state index in [9.17, 15) is 9.59 Å². The van der Waals surface area contributed by atoms with Gasteiger partial charge in [-0.25, -0.2) is 4.98 Å². The van der Waals surface area contributed by atoms with Gasteiger partial charge in [-0.05, 0) is 31.0 Å². The van der Waals surface area contributed by atoms with E-state index < -0.39 is 11.4 Å². The van der Waals surface area contributed by atoms with Crippen molar-refractivity contribution in [1.82, 2.24) is 10.3 Å². The molecule has 2 heterocycles. The molecule has 0 unspecified atom stereocenters. The lowest BCUT2D eigenvalue weighted by molar-refractivity contribution is -0.143. The average molecular weight is 360 g/mol. The molecule has 1 amide bonds. The zero-order chi connectivity index (χ0) is 17.4. The number of carboxylic acids is 1. The number of aromatic nitrogens is 1. The fourth-order valence-corrected chi connectivity index (χ4v) is 3.48. The van der Waals surface area contributed by atoms with Gasteiger partial charge in [0.2, 0.25) is 12.7 Å². The van der Waals surface area contributed by atoms with Crippen molar-refractivity contribution < 1.29 is 24.2 Å². The van der Waals surface area contributed by atoms with Crippen LogP contribution in [0.1, 0.15) is 18.5 Å². The predicted octanol–water partition coefficient (Wildman–Crippen LogP) is 2.06. The highest BCUT2D eigenvalue weighted by atomic mass is 32.1. The maximum absolute atomic E-state index is 12.0. The Kier molecular flexibility index (Phi) is 3.84. The molecular formula is C17H16N2O5S. The molecule has 25 heavy (non-hydrogen) atoms. The van der Waals surface area contributed by atoms with Gasteiger partial charge in [0.15, 0.2) is 11.5 Å². The largest absolute Gasteiger partial charge is 0.481 e. The van der Waals surface area contributed by atoms with Gasteiger partial charge < -0.3 is 19.9 Å². The highest BCUT2D eigenvalue weighted by Crippen LogP contribution is 2.45. The van der Waals surface area contributed by atoms with Crippen LogP contribution in [0.2, 0.25) is 0 Å². The first-order valence-corrected chi connectivity index (χ1v) is 8.78. The maximum atomic E-state index is 12.0. The summed E-state index contributed by atoms with van der Waals surface area (Å²) in [5.74, 6) is 0.351. The lowest BCUT2D eigenvalue weighted by atomic mass is 10.1. The minimum Gasteiger partial charge on any atom is -0.481 e. The first-order chi connectivity index (χ1) is 12.1. The van der Waals surface area contributed by atoms with E-state index in [2.05, 4.69) is 10.3 Å². The molecule has 1 saturated carbocycles. The van der Waals surface area contributed by atoms with Crippen molar-refractivity contribution >= 4 is 23.2 Å². The zero-order valence-electron chi connectivity index (χ0n) is 13.3. The molecule has 8 heteroatoms. The quantitative estimate of drug-likeness (QED) is 0.818. The van der Waals surface area contributed by atoms with Crippen molar-refractivity contribution in [2.75, 3.05) is 13.3 Å². The molecule has 1 aliphatic carbocycles. The monoisotopic (exact) mass is 360 g/mol. The Balaban J connectivity index is 1.38. The molecule has 0 radical (unpaired) electrons. The summed E-state index contributed by atoms with van der Waals surface area (Å²) in [5, 5.41) is 14.5. The molecule has 130 valence electrons. The SMILES string of the molecule is O=C(Cc1csc(-c2ccc3c(c2)OCO3)n1)NCC1(C(=O)O)CC1. The van der Waals surface area contributed by atoms with Crippen LogP contribution in [0.25, 0.3) is 10.6 Å². The average Bonchev–Trinajstić information content (AvgIpc) is 3.02. The predicted molar refractivity (Wildman–Crippen MR) is 89.7 cm³/mol. The Morgan fingerprint density at radius 1 is 1.28 bits per heavy atom. The molecule has 2 aromatic rings. The number of nitrogens with zero attached hydrogens (tertiary/aromatic N) is 1. The Morgan fingerprint density at radius 2 is 2.08 bits per heavy atom. The van der Waals surface area contributed by atoms with E-state index in [0.717, 1.165) is 10.6 Å². The van der Waals surface area contributed by atoms with Crippen LogP contribution in [-0.2, 0) is 16.0 Å². The van der Waals surface area contributed by atoms with Gasteiger partial charge in [-0.3, -0.25) is 9.59 Å². The molecule has 2 aliphatic rings. The molecule has 7 nitrogen and oxygen atoms in total. The maximum Gasteiger partial charge on any atom is 0.311 e. The lowest BCUT2D eigenvalue weighted by Crippen LogP contribution is -2.35. The van der Waals surface area contributed by atoms with E-state index in [-0.39, 0.29) is 25.7 Å². The number of nitrogens with one attached hydrogen (secondary N) is 1. The number of carbonyl (C=O) groups excluding carboxylic acids is 1. The van der Waals surface area contributed by atoms with Crippen LogP contribution in [0.15, 0.2) is 23.6 Å². The molecule has 2 N–H and O–H groups in total. The van der Waals surface area contributed by atoms with Gasteiger partial charge in [-0.15, -0.1) is 11.3 Å². The summed E-state index contributed by atoms with van der Waals surface area (Å²) in [6.45, 7) is 0.403. The summed E-state index contributed by atoms with van der Waals surface area (Å²) >= 11 is 1.45. The summed E-state index contributed by atoms with van der Waals surface area (Å²) in [4.78, 5) is 27.6. The molecule has 1 aromatic carbocycles. The van der Waals surface area contributed by atoms with E-state index >= 15 is 0 Å². The molecule has 1 fully saturated rings. The summed E-state index contributed by atoms with van der Waals surface area (Å²) in [5.41, 5.74) is 0.814. The van der Waals surface area contributed by atoms with Crippen LogP contribution in [0, 0.1) is 5.41 Å². The fourth-order valence-electron chi connectivity index (χ4n) is 2.66. The Morgan fingerprint density at radius 3 is 2.84 bits per heavy atom. The minimum absolute atomic E-state index is 0.136. The van der Waals surface area contributed by atoms with E-state index in [1.54, 1.807) is 0 Å². The van der Waals surface area contributed by atoms with Crippen molar-refractivity contribution in [1.29, 1.82) is 0 Å². The third-order valence-corrected chi connectivity index (χ3v) is 5.38. The lowest BCUT2D eigenvalue weighted by Gasteiger charge is -2.10. The summed E-state index contributed by atoms with van der Waals surface area (Å²) < 4.78 is 10.7. The number of benzene rings is 1. The highest BCUT2D eigenvalue weighted by Gasteiger charge is 2.50. The Labute approximate surface area is 147 Å². The standard InChI is InChI=1S/C17H16N2O5S/c20-14(18-8-17(3-4-17)16(21)22)6-11-7-25-15(19-11)10-1-2-12-13(5-10)24-9-23-12/h1-2,5,7H,3-4,6,8-9H2,(H,18,20)(H,21,22). The molecular weight excluding hydrogens is 344 g/mol. The van der Waals surface area contributed by atoms with Gasteiger partial charge in [-0.2, -0.15) is 0 Å². The van der Waals surface area contributed by atoms with Crippen LogP contribution < -0.4 is 14.8 Å². The smallest absolute Gasteiger partial charge is 0.311 e. The van der Waals surface area contributed by atoms with Crippen molar-refractivity contribution in [3.05, 3.63) is 29.3 Å². The molecule has 4 rings (SSSR count). The van der Waals surface area contributed by atoms with Gasteiger partial charge in [0.25, 0.3) is 0 Å². The molecule has 0 atom stereocenters. The number of aliphatic carboxylic acids is 1. The summed E-state index contributed by atoms with van der Waals surface area (Å²) in [6.07, 6.45) is 1.37. The summed E-state index contributed by atoms with van der Waals surface area (Å²) in [6, 6.07) is 5.61. The van der Waals surface area contributed by atoms with Crippen LogP contribution >= 0.6 is 11.3 Å². The second-order valence-electron chi connectivity index (χ2n) is 6.25. The van der Waals surface area contributed by atoms with Crippen molar-refractivity contribution in [3.8, 4) is 22.1 Å². The van der Waals surface area contributed by atoms with Crippen molar-refractivity contribution in [2.24, 2.45) is 5.41 Å². The third kappa shape index (κ3) is 3.17. The van der Waals surface area contributed by atoms with Crippen LogP contribution in [0.5, 0.6) is 11.5 Å². The van der Waals surface area contributed by atoms with Gasteiger partial charge >= 0.3 is 5.97 Å². The van der Waals surface area contributed by atoms with Gasteiger partial charge in [0, 0.05) is 17.5 Å². The third-order valence-electron chi connectivity index (χ3n) is 4.44. The highest BCUT2D eigenvalue weighted by molar-refractivity contribution is 7.13. The number of hydrogen-bond acceptors (Lipinski definition) is 6. The number of carboxylic acid groups (broad SMARTS) is 1. The number of ether oxygens (including phenoxy) is 2. The van der Waals surface area contributed by atoms with E-state index in [1.165, 1.54) is 11.3 Å². The van der Waals surface area contributed by atoms with Crippen molar-refractivity contribution in [3.63, 3.8) is 0 Å². The number of carbonyl (C=O) groups is 2. The first-order valence-electron chi connectivity index (χ1n) is 7.90. The topological polar surface area (TPSA) is 97.8 Å². The van der Waals surface area contributed by atoms with Crippen LogP contribution in [0.3, 0.4) is 0 Å². The normalized spacial score (nSPS) is 16.5. The van der Waals surface area contributed by atoms with Crippen molar-refractivity contribution in [2.45, 2.75) is 19.3 Å². The summed E-state index contributed by atoms with van der Waals surface area (Å²) in [7, 11) is 0. The molecule has 1 aliphatic heterocycles. The van der Waals surface area contributed by atoms with E-state index in [4.69, 9.17) is 14.6 Å². The Hall–Kier alpha value is -2.61.